The molecule has 0 aromatic heterocycles. The topological polar surface area (TPSA) is 92.9 Å². The summed E-state index contributed by atoms with van der Waals surface area (Å²) in [5, 5.41) is 8.61. The smallest absolute Gasteiger partial charge is 0.323 e. The van der Waals surface area contributed by atoms with Gasteiger partial charge in [-0.05, 0) is 6.42 Å². The molecule has 0 aromatic rings. The lowest BCUT2D eigenvalue weighted by Crippen LogP contribution is -2.46. The van der Waals surface area contributed by atoms with Gasteiger partial charge in [0.15, 0.2) is 0 Å². The zero-order valence-corrected chi connectivity index (χ0v) is 9.10. The first-order valence-electron chi connectivity index (χ1n) is 4.78. The molecule has 0 bridgehead atoms. The zero-order valence-electron chi connectivity index (χ0n) is 9.10. The number of amides is 1. The number of carbonyl (C=O) groups excluding carboxylic acids is 1. The molecular formula is C9H18N2O4. The summed E-state index contributed by atoms with van der Waals surface area (Å²) in [6, 6.07) is -0.638. The molecule has 0 aliphatic heterocycles. The van der Waals surface area contributed by atoms with Crippen LogP contribution in [0.5, 0.6) is 0 Å². The van der Waals surface area contributed by atoms with Gasteiger partial charge in [-0.25, -0.2) is 0 Å². The summed E-state index contributed by atoms with van der Waals surface area (Å²) >= 11 is 0. The van der Waals surface area contributed by atoms with Crippen molar-refractivity contribution in [2.75, 3.05) is 26.8 Å². The minimum atomic E-state index is -1.05. The van der Waals surface area contributed by atoms with Crippen molar-refractivity contribution in [3.63, 3.8) is 0 Å². The van der Waals surface area contributed by atoms with Crippen molar-refractivity contribution in [1.29, 1.82) is 0 Å². The molecule has 0 aliphatic rings. The summed E-state index contributed by atoms with van der Waals surface area (Å²) in [6.45, 7) is 1.98. The first-order valence-corrected chi connectivity index (χ1v) is 4.78. The molecule has 0 fully saturated rings. The van der Waals surface area contributed by atoms with E-state index in [1.54, 1.807) is 6.92 Å². The summed E-state index contributed by atoms with van der Waals surface area (Å²) < 4.78 is 4.79. The third-order valence-electron chi connectivity index (χ3n) is 1.96. The molecule has 0 saturated carbocycles. The average Bonchev–Trinajstić information content (AvgIpc) is 2.21. The van der Waals surface area contributed by atoms with E-state index in [0.29, 0.717) is 13.0 Å². The zero-order chi connectivity index (χ0) is 11.8. The number of carboxylic acids is 1. The van der Waals surface area contributed by atoms with E-state index in [0.717, 1.165) is 0 Å². The van der Waals surface area contributed by atoms with Gasteiger partial charge in [-0.15, -0.1) is 0 Å². The maximum Gasteiger partial charge on any atom is 0.323 e. The lowest BCUT2D eigenvalue weighted by molar-refractivity contribution is -0.145. The molecule has 3 N–H and O–H groups in total. The number of carbonyl (C=O) groups is 2. The Kier molecular flexibility index (Phi) is 6.64. The van der Waals surface area contributed by atoms with Crippen LogP contribution in [0.15, 0.2) is 0 Å². The third-order valence-corrected chi connectivity index (χ3v) is 1.96. The lowest BCUT2D eigenvalue weighted by Gasteiger charge is -2.23. The highest BCUT2D eigenvalue weighted by atomic mass is 16.5. The summed E-state index contributed by atoms with van der Waals surface area (Å²) in [5.74, 6) is -1.40. The number of nitrogens with zero attached hydrogens (tertiary/aromatic N) is 1. The van der Waals surface area contributed by atoms with Crippen LogP contribution < -0.4 is 5.73 Å². The summed E-state index contributed by atoms with van der Waals surface area (Å²) in [5.41, 5.74) is 5.54. The number of hydrogen-bond donors (Lipinski definition) is 2. The molecule has 0 rings (SSSR count). The SMILES string of the molecule is CCC(N)C(=O)N(CCOC)CC(=O)O. The van der Waals surface area contributed by atoms with E-state index in [1.165, 1.54) is 12.0 Å². The Labute approximate surface area is 89.0 Å². The van der Waals surface area contributed by atoms with Gasteiger partial charge in [0.25, 0.3) is 0 Å². The molecule has 1 unspecified atom stereocenters. The quantitative estimate of drug-likeness (QED) is 0.588. The van der Waals surface area contributed by atoms with Crippen LogP contribution >= 0.6 is 0 Å². The molecule has 0 radical (unpaired) electrons. The molecule has 0 aromatic carbocycles. The Balaban J connectivity index is 4.32. The highest BCUT2D eigenvalue weighted by Gasteiger charge is 2.21. The second kappa shape index (κ2) is 7.19. The van der Waals surface area contributed by atoms with Crippen LogP contribution in [0.2, 0.25) is 0 Å². The standard InChI is InChI=1S/C9H18N2O4/c1-3-7(10)9(14)11(4-5-15-2)6-8(12)13/h7H,3-6,10H2,1-2H3,(H,12,13). The number of ether oxygens (including phenoxy) is 1. The number of methoxy groups -OCH3 is 1. The molecule has 15 heavy (non-hydrogen) atoms. The van der Waals surface area contributed by atoms with E-state index in [4.69, 9.17) is 15.6 Å². The van der Waals surface area contributed by atoms with E-state index in [1.807, 2.05) is 0 Å². The van der Waals surface area contributed by atoms with Crippen LogP contribution in [0.25, 0.3) is 0 Å². The minimum Gasteiger partial charge on any atom is -0.480 e. The molecule has 0 spiro atoms. The van der Waals surface area contributed by atoms with Crippen molar-refractivity contribution in [3.05, 3.63) is 0 Å². The molecule has 1 amide bonds. The van der Waals surface area contributed by atoms with Crippen LogP contribution in [-0.4, -0.2) is 54.7 Å². The largest absolute Gasteiger partial charge is 0.480 e. The fourth-order valence-corrected chi connectivity index (χ4v) is 1.04. The first-order chi connectivity index (χ1) is 7.02. The molecular weight excluding hydrogens is 200 g/mol. The summed E-state index contributed by atoms with van der Waals surface area (Å²) in [6.07, 6.45) is 0.488. The van der Waals surface area contributed by atoms with E-state index < -0.39 is 12.0 Å². The van der Waals surface area contributed by atoms with Crippen LogP contribution in [0, 0.1) is 0 Å². The summed E-state index contributed by atoms with van der Waals surface area (Å²) in [4.78, 5) is 23.3. The van der Waals surface area contributed by atoms with E-state index >= 15 is 0 Å². The van der Waals surface area contributed by atoms with Gasteiger partial charge in [0.1, 0.15) is 6.54 Å². The van der Waals surface area contributed by atoms with Crippen molar-refractivity contribution in [2.24, 2.45) is 5.73 Å². The maximum atomic E-state index is 11.6. The van der Waals surface area contributed by atoms with Crippen molar-refractivity contribution in [1.82, 2.24) is 4.90 Å². The van der Waals surface area contributed by atoms with Crippen LogP contribution in [0.1, 0.15) is 13.3 Å². The highest BCUT2D eigenvalue weighted by molar-refractivity contribution is 5.85. The number of hydrogen-bond acceptors (Lipinski definition) is 4. The Morgan fingerprint density at radius 3 is 2.53 bits per heavy atom. The molecule has 1 atom stereocenters. The molecule has 0 aliphatic carbocycles. The van der Waals surface area contributed by atoms with Crippen molar-refractivity contribution >= 4 is 11.9 Å². The van der Waals surface area contributed by atoms with Gasteiger partial charge >= 0.3 is 5.97 Å². The second-order valence-electron chi connectivity index (χ2n) is 3.16. The second-order valence-corrected chi connectivity index (χ2v) is 3.16. The Bertz CT molecular complexity index is 220. The van der Waals surface area contributed by atoms with Gasteiger partial charge in [0.05, 0.1) is 12.6 Å². The number of aliphatic carboxylic acids is 1. The van der Waals surface area contributed by atoms with Crippen molar-refractivity contribution < 1.29 is 19.4 Å². The predicted molar refractivity (Wildman–Crippen MR) is 54.4 cm³/mol. The van der Waals surface area contributed by atoms with Gasteiger partial charge < -0.3 is 20.5 Å². The molecule has 6 nitrogen and oxygen atoms in total. The van der Waals surface area contributed by atoms with Gasteiger partial charge in [-0.1, -0.05) is 6.92 Å². The lowest BCUT2D eigenvalue weighted by atomic mass is 10.2. The Morgan fingerprint density at radius 1 is 1.53 bits per heavy atom. The predicted octanol–water partition coefficient (Wildman–Crippen LogP) is -0.717. The van der Waals surface area contributed by atoms with Gasteiger partial charge in [-0.3, -0.25) is 9.59 Å². The Morgan fingerprint density at radius 2 is 2.13 bits per heavy atom. The third kappa shape index (κ3) is 5.34. The number of nitrogens with two attached hydrogens (primary N) is 1. The van der Waals surface area contributed by atoms with Crippen LogP contribution in [0.3, 0.4) is 0 Å². The average molecular weight is 218 g/mol. The fraction of sp³-hybridized carbons (Fsp3) is 0.778. The first kappa shape index (κ1) is 13.9. The van der Waals surface area contributed by atoms with Gasteiger partial charge in [0, 0.05) is 13.7 Å². The van der Waals surface area contributed by atoms with E-state index in [-0.39, 0.29) is 19.0 Å². The van der Waals surface area contributed by atoms with Crippen LogP contribution in [-0.2, 0) is 14.3 Å². The van der Waals surface area contributed by atoms with E-state index in [9.17, 15) is 9.59 Å². The minimum absolute atomic E-state index is 0.245. The van der Waals surface area contributed by atoms with Gasteiger partial charge in [-0.2, -0.15) is 0 Å². The number of carboxylic acid groups (broad SMARTS) is 1. The van der Waals surface area contributed by atoms with Crippen molar-refractivity contribution in [3.8, 4) is 0 Å². The summed E-state index contributed by atoms with van der Waals surface area (Å²) in [7, 11) is 1.49. The van der Waals surface area contributed by atoms with Crippen molar-refractivity contribution in [2.45, 2.75) is 19.4 Å². The Hall–Kier alpha value is -1.14. The highest BCUT2D eigenvalue weighted by Crippen LogP contribution is 1.97. The molecule has 0 heterocycles. The number of rotatable bonds is 7. The molecule has 0 saturated heterocycles. The molecule has 88 valence electrons. The van der Waals surface area contributed by atoms with Crippen LogP contribution in [0.4, 0.5) is 0 Å². The van der Waals surface area contributed by atoms with Gasteiger partial charge in [0.2, 0.25) is 5.91 Å². The maximum absolute atomic E-state index is 11.6. The molecule has 6 heteroatoms. The van der Waals surface area contributed by atoms with E-state index in [2.05, 4.69) is 0 Å². The fourth-order valence-electron chi connectivity index (χ4n) is 1.04. The normalized spacial score (nSPS) is 12.2. The monoisotopic (exact) mass is 218 g/mol.